The predicted molar refractivity (Wildman–Crippen MR) is 173 cm³/mol. The Labute approximate surface area is 257 Å². The zero-order valence-corrected chi connectivity index (χ0v) is 27.6. The number of carbonyl (C=O) groups is 1. The molecule has 0 aliphatic heterocycles. The van der Waals surface area contributed by atoms with Gasteiger partial charge in [0, 0.05) is 29.8 Å². The van der Waals surface area contributed by atoms with Crippen molar-refractivity contribution in [3.05, 3.63) is 89.4 Å². The van der Waals surface area contributed by atoms with Gasteiger partial charge in [0.1, 0.15) is 5.76 Å². The van der Waals surface area contributed by atoms with Crippen molar-refractivity contribution in [2.45, 2.75) is 104 Å². The number of aromatic nitrogens is 3. The smallest absolute Gasteiger partial charge is 0.283 e. The van der Waals surface area contributed by atoms with Gasteiger partial charge in [0.2, 0.25) is 5.91 Å². The van der Waals surface area contributed by atoms with Crippen molar-refractivity contribution in [3.8, 4) is 0 Å². The zero-order chi connectivity index (χ0) is 30.8. The van der Waals surface area contributed by atoms with E-state index in [1.807, 2.05) is 6.92 Å². The summed E-state index contributed by atoms with van der Waals surface area (Å²) >= 11 is 0. The van der Waals surface area contributed by atoms with Crippen LogP contribution in [0.5, 0.6) is 0 Å². The lowest BCUT2D eigenvalue weighted by atomic mass is 9.85. The van der Waals surface area contributed by atoms with E-state index in [0.29, 0.717) is 17.5 Å². The summed E-state index contributed by atoms with van der Waals surface area (Å²) in [6.07, 6.45) is 4.36. The summed E-state index contributed by atoms with van der Waals surface area (Å²) in [6, 6.07) is 23.6. The highest BCUT2D eigenvalue weighted by molar-refractivity contribution is 6.80. The molecule has 1 saturated carbocycles. The van der Waals surface area contributed by atoms with E-state index in [4.69, 9.17) is 14.0 Å². The highest BCUT2D eigenvalue weighted by Gasteiger charge is 2.32. The van der Waals surface area contributed by atoms with Crippen LogP contribution in [0.2, 0.25) is 0 Å². The summed E-state index contributed by atoms with van der Waals surface area (Å²) < 4.78 is 14.3. The first-order valence-corrected chi connectivity index (χ1v) is 16.8. The second-order valence-electron chi connectivity index (χ2n) is 13.8. The molecule has 2 aromatic heterocycles. The fourth-order valence-corrected chi connectivity index (χ4v) is 7.93. The molecule has 0 atom stereocenters. The molecule has 1 radical (unpaired) electrons. The maximum absolute atomic E-state index is 12.7. The highest BCUT2D eigenvalue weighted by Crippen LogP contribution is 2.37. The van der Waals surface area contributed by atoms with Crippen LogP contribution in [0, 0.1) is 6.92 Å². The maximum atomic E-state index is 12.7. The van der Waals surface area contributed by atoms with E-state index in [9.17, 15) is 4.79 Å². The molecule has 7 nitrogen and oxygen atoms in total. The molecule has 227 valence electrons. The van der Waals surface area contributed by atoms with E-state index in [2.05, 4.69) is 117 Å². The Morgan fingerprint density at radius 3 is 2.19 bits per heavy atom. The van der Waals surface area contributed by atoms with E-state index in [-0.39, 0.29) is 29.4 Å². The first-order chi connectivity index (χ1) is 20.4. The van der Waals surface area contributed by atoms with Crippen molar-refractivity contribution in [1.29, 1.82) is 0 Å². The number of hydrogen-bond donors (Lipinski definition) is 1. The Morgan fingerprint density at radius 2 is 1.60 bits per heavy atom. The first kappa shape index (κ1) is 30.9. The molecule has 8 heteroatoms. The van der Waals surface area contributed by atoms with Gasteiger partial charge in [-0.3, -0.25) is 9.48 Å². The first-order valence-electron chi connectivity index (χ1n) is 15.4. The topological polar surface area (TPSA) is 82.2 Å². The van der Waals surface area contributed by atoms with E-state index >= 15 is 0 Å². The van der Waals surface area contributed by atoms with Crippen LogP contribution >= 0.6 is 0 Å². The molecule has 1 fully saturated rings. The summed E-state index contributed by atoms with van der Waals surface area (Å²) in [4.78, 5) is 12.7. The van der Waals surface area contributed by atoms with Crippen LogP contribution in [0.15, 0.2) is 71.3 Å². The molecule has 1 amide bonds. The largest absolute Gasteiger partial charge is 0.404 e. The minimum absolute atomic E-state index is 0.121. The van der Waals surface area contributed by atoms with Gasteiger partial charge in [-0.2, -0.15) is 5.10 Å². The van der Waals surface area contributed by atoms with Crippen LogP contribution in [0.25, 0.3) is 0 Å². The maximum Gasteiger partial charge on any atom is 0.283 e. The number of hydrogen-bond acceptors (Lipinski definition) is 5. The molecule has 2 heterocycles. The van der Waals surface area contributed by atoms with Crippen molar-refractivity contribution in [2.75, 3.05) is 5.32 Å². The molecule has 43 heavy (non-hydrogen) atoms. The van der Waals surface area contributed by atoms with Gasteiger partial charge < -0.3 is 14.3 Å². The van der Waals surface area contributed by atoms with Crippen LogP contribution in [0.1, 0.15) is 95.9 Å². The number of anilines is 1. The summed E-state index contributed by atoms with van der Waals surface area (Å²) in [6.45, 7) is 15.1. The van der Waals surface area contributed by atoms with Crippen LogP contribution in [-0.4, -0.2) is 36.0 Å². The Morgan fingerprint density at radius 1 is 0.953 bits per heavy atom. The zero-order valence-electron chi connectivity index (χ0n) is 26.6. The summed E-state index contributed by atoms with van der Waals surface area (Å²) in [5.74, 6) is 1.32. The minimum Gasteiger partial charge on any atom is -0.404 e. The lowest BCUT2D eigenvalue weighted by Gasteiger charge is -2.33. The van der Waals surface area contributed by atoms with Crippen molar-refractivity contribution >= 4 is 31.1 Å². The van der Waals surface area contributed by atoms with E-state index in [0.717, 1.165) is 31.4 Å². The van der Waals surface area contributed by atoms with Gasteiger partial charge in [0.15, 0.2) is 5.82 Å². The molecule has 0 bridgehead atoms. The van der Waals surface area contributed by atoms with Gasteiger partial charge in [-0.05, 0) is 74.7 Å². The quantitative estimate of drug-likeness (QED) is 0.243. The normalized spacial score (nSPS) is 17.8. The number of rotatable bonds is 8. The molecular weight excluding hydrogens is 552 g/mol. The van der Waals surface area contributed by atoms with Gasteiger partial charge in [-0.25, -0.2) is 0 Å². The molecule has 1 aliphatic carbocycles. The molecule has 4 aromatic rings. The van der Waals surface area contributed by atoms with Gasteiger partial charge in [0.05, 0.1) is 17.7 Å². The third-order valence-electron chi connectivity index (χ3n) is 8.08. The minimum atomic E-state index is -1.38. The van der Waals surface area contributed by atoms with E-state index in [1.54, 1.807) is 6.07 Å². The number of nitrogens with zero attached hydrogens (tertiary/aromatic N) is 3. The molecule has 0 saturated heterocycles. The van der Waals surface area contributed by atoms with Crippen molar-refractivity contribution in [2.24, 2.45) is 0 Å². The average Bonchev–Trinajstić information content (AvgIpc) is 3.58. The third-order valence-corrected chi connectivity index (χ3v) is 10.4. The predicted octanol–water partition coefficient (Wildman–Crippen LogP) is 6.26. The van der Waals surface area contributed by atoms with Gasteiger partial charge >= 0.3 is 0 Å². The molecule has 1 aliphatic rings. The van der Waals surface area contributed by atoms with Gasteiger partial charge in [-0.15, -0.1) is 0 Å². The molecule has 1 N–H and O–H groups in total. The second-order valence-corrected chi connectivity index (χ2v) is 15.9. The van der Waals surface area contributed by atoms with Crippen molar-refractivity contribution in [1.82, 2.24) is 14.9 Å². The highest BCUT2D eigenvalue weighted by atomic mass is 28.3. The lowest BCUT2D eigenvalue weighted by Crippen LogP contribution is -2.47. The SMILES string of the molecule is Cc1cc(CC(=O)Nc2cc(C3CCC(O[Si](c4ccccc4)c4ccc(C(C)(C)C)cc4)CC3)n(C(C)(C)C)n2)on1. The molecule has 5 rings (SSSR count). The Hall–Kier alpha value is -3.49. The van der Waals surface area contributed by atoms with Crippen molar-refractivity contribution in [3.63, 3.8) is 0 Å². The summed E-state index contributed by atoms with van der Waals surface area (Å²) in [5, 5.41) is 14.3. The summed E-state index contributed by atoms with van der Waals surface area (Å²) in [7, 11) is -1.38. The average molecular weight is 598 g/mol. The Balaban J connectivity index is 1.28. The number of carbonyl (C=O) groups excluding carboxylic acids is 1. The third kappa shape index (κ3) is 7.73. The Bertz CT molecular complexity index is 1510. The van der Waals surface area contributed by atoms with Crippen LogP contribution in [0.4, 0.5) is 5.82 Å². The summed E-state index contributed by atoms with van der Waals surface area (Å²) in [5.41, 5.74) is 3.18. The van der Waals surface area contributed by atoms with Crippen molar-refractivity contribution < 1.29 is 13.7 Å². The number of amides is 1. The Kier molecular flexibility index (Phi) is 9.09. The molecule has 0 unspecified atom stereocenters. The fraction of sp³-hybridized carbons (Fsp3) is 0.457. The second kappa shape index (κ2) is 12.6. The fourth-order valence-electron chi connectivity index (χ4n) is 5.79. The monoisotopic (exact) mass is 597 g/mol. The number of benzene rings is 2. The molecular formula is C35H45N4O3Si. The molecule has 2 aromatic carbocycles. The number of nitrogens with one attached hydrogen (secondary N) is 1. The standard InChI is InChI=1S/C35H45N4O3Si/c1-24-21-28(41-38-24)22-33(40)36-32-23-31(39(37-32)35(5,6)7)25-13-17-27(18-14-25)42-43(29-11-9-8-10-12-29)30-19-15-26(16-20-30)34(2,3)4/h8-12,15-16,19-21,23,25,27H,13-14,17-18,22H2,1-7H3,(H,36,37,40). The van der Waals surface area contributed by atoms with E-state index in [1.165, 1.54) is 21.6 Å². The number of aryl methyl sites for hydroxylation is 1. The van der Waals surface area contributed by atoms with Gasteiger partial charge in [-0.1, -0.05) is 80.5 Å². The van der Waals surface area contributed by atoms with E-state index < -0.39 is 9.04 Å². The lowest BCUT2D eigenvalue weighted by molar-refractivity contribution is -0.115. The van der Waals surface area contributed by atoms with Crippen LogP contribution < -0.4 is 15.7 Å². The van der Waals surface area contributed by atoms with Gasteiger partial charge in [0.25, 0.3) is 9.04 Å². The van der Waals surface area contributed by atoms with Crippen LogP contribution in [0.3, 0.4) is 0 Å². The molecule has 0 spiro atoms. The van der Waals surface area contributed by atoms with Crippen LogP contribution in [-0.2, 0) is 26.6 Å².